The number of aromatic nitrogens is 3. The zero-order valence-corrected chi connectivity index (χ0v) is 9.05. The minimum Gasteiger partial charge on any atom is -0.449 e. The third-order valence-corrected chi connectivity index (χ3v) is 1.68. The maximum absolute atomic E-state index is 11.2. The molecule has 0 radical (unpaired) electrons. The number of ether oxygens (including phenoxy) is 2. The number of hydrogen-bond donors (Lipinski definition) is 1. The van der Waals surface area contributed by atoms with E-state index in [2.05, 4.69) is 20.3 Å². The highest BCUT2D eigenvalue weighted by Gasteiger charge is 2.03. The molecule has 7 nitrogen and oxygen atoms in total. The lowest BCUT2D eigenvalue weighted by atomic mass is 10.3. The average Bonchev–Trinajstić information content (AvgIpc) is 2.30. The molecule has 0 spiro atoms. The summed E-state index contributed by atoms with van der Waals surface area (Å²) >= 11 is 0. The smallest absolute Gasteiger partial charge is 0.414 e. The summed E-state index contributed by atoms with van der Waals surface area (Å²) in [6.45, 7) is 1.01. The first-order valence-electron chi connectivity index (χ1n) is 4.87. The molecule has 0 aromatic carbocycles. The summed E-state index contributed by atoms with van der Waals surface area (Å²) in [4.78, 5) is 22.2. The summed E-state index contributed by atoms with van der Waals surface area (Å²) in [5.41, 5.74) is 0. The van der Waals surface area contributed by atoms with Gasteiger partial charge in [0.2, 0.25) is 5.95 Å². The van der Waals surface area contributed by atoms with Crippen molar-refractivity contribution < 1.29 is 14.3 Å². The van der Waals surface area contributed by atoms with Crippen LogP contribution in [0.15, 0.2) is 12.7 Å². The van der Waals surface area contributed by atoms with Crippen LogP contribution in [-0.2, 0) is 9.47 Å². The predicted molar refractivity (Wildman–Crippen MR) is 55.9 cm³/mol. The van der Waals surface area contributed by atoms with E-state index in [9.17, 15) is 4.79 Å². The van der Waals surface area contributed by atoms with Crippen molar-refractivity contribution >= 4 is 12.0 Å². The van der Waals surface area contributed by atoms with Crippen molar-refractivity contribution in [3.05, 3.63) is 12.7 Å². The molecule has 0 aliphatic rings. The molecule has 0 fully saturated rings. The van der Waals surface area contributed by atoms with E-state index in [1.807, 2.05) is 0 Å². The molecule has 0 unspecified atom stereocenters. The van der Waals surface area contributed by atoms with Crippen molar-refractivity contribution in [2.24, 2.45) is 0 Å². The quantitative estimate of drug-likeness (QED) is 0.723. The second-order valence-corrected chi connectivity index (χ2v) is 2.92. The Balaban J connectivity index is 2.12. The Morgan fingerprint density at radius 3 is 2.69 bits per heavy atom. The molecule has 0 aliphatic carbocycles. The molecular weight excluding hydrogens is 212 g/mol. The highest BCUT2D eigenvalue weighted by atomic mass is 16.5. The van der Waals surface area contributed by atoms with Crippen LogP contribution in [0.1, 0.15) is 12.8 Å². The van der Waals surface area contributed by atoms with Gasteiger partial charge in [-0.05, 0) is 12.8 Å². The second kappa shape index (κ2) is 7.52. The first kappa shape index (κ1) is 12.3. The number of nitrogens with zero attached hydrogens (tertiary/aromatic N) is 3. The summed E-state index contributed by atoms with van der Waals surface area (Å²) in [5, 5.41) is 2.38. The minimum atomic E-state index is -0.566. The van der Waals surface area contributed by atoms with E-state index in [1.54, 1.807) is 7.11 Å². The first-order valence-corrected chi connectivity index (χ1v) is 4.87. The van der Waals surface area contributed by atoms with Crippen LogP contribution in [0.25, 0.3) is 0 Å². The number of unbranched alkanes of at least 4 members (excludes halogenated alkanes) is 1. The Bertz CT molecular complexity index is 307. The Hall–Kier alpha value is -1.76. The summed E-state index contributed by atoms with van der Waals surface area (Å²) in [7, 11) is 1.63. The standard InChI is InChI=1S/C9H14N4O3/c1-15-4-2-3-5-16-9(14)13-8-11-6-10-7-12-8/h6-7H,2-5H2,1H3,(H,10,11,12,13,14). The zero-order chi connectivity index (χ0) is 11.6. The molecule has 1 heterocycles. The molecule has 1 N–H and O–H groups in total. The summed E-state index contributed by atoms with van der Waals surface area (Å²) in [5.74, 6) is 0.178. The van der Waals surface area contributed by atoms with Gasteiger partial charge in [-0.25, -0.2) is 19.7 Å². The predicted octanol–water partition coefficient (Wildman–Crippen LogP) is 0.847. The van der Waals surface area contributed by atoms with Crippen molar-refractivity contribution in [3.8, 4) is 0 Å². The fourth-order valence-electron chi connectivity index (χ4n) is 0.944. The van der Waals surface area contributed by atoms with Crippen LogP contribution in [0, 0.1) is 0 Å². The highest BCUT2D eigenvalue weighted by Crippen LogP contribution is 1.96. The number of carbonyl (C=O) groups excluding carboxylic acids is 1. The Labute approximate surface area is 93.2 Å². The van der Waals surface area contributed by atoms with E-state index in [0.717, 1.165) is 12.8 Å². The number of nitrogens with one attached hydrogen (secondary N) is 1. The van der Waals surface area contributed by atoms with E-state index in [0.29, 0.717) is 13.2 Å². The maximum Gasteiger partial charge on any atom is 0.414 e. The van der Waals surface area contributed by atoms with Gasteiger partial charge in [0, 0.05) is 13.7 Å². The highest BCUT2D eigenvalue weighted by molar-refractivity contribution is 5.81. The van der Waals surface area contributed by atoms with Crippen LogP contribution in [0.5, 0.6) is 0 Å². The SMILES string of the molecule is COCCCCOC(=O)Nc1ncncn1. The van der Waals surface area contributed by atoms with Crippen molar-refractivity contribution in [1.82, 2.24) is 15.0 Å². The molecule has 1 rings (SSSR count). The van der Waals surface area contributed by atoms with Gasteiger partial charge >= 0.3 is 6.09 Å². The van der Waals surface area contributed by atoms with Crippen LogP contribution in [-0.4, -0.2) is 41.4 Å². The van der Waals surface area contributed by atoms with Gasteiger partial charge in [-0.15, -0.1) is 0 Å². The fraction of sp³-hybridized carbons (Fsp3) is 0.556. The van der Waals surface area contributed by atoms with E-state index >= 15 is 0 Å². The van der Waals surface area contributed by atoms with Gasteiger partial charge in [0.05, 0.1) is 6.61 Å². The molecule has 88 valence electrons. The largest absolute Gasteiger partial charge is 0.449 e. The van der Waals surface area contributed by atoms with Crippen molar-refractivity contribution in [3.63, 3.8) is 0 Å². The van der Waals surface area contributed by atoms with Crippen LogP contribution in [0.2, 0.25) is 0 Å². The number of methoxy groups -OCH3 is 1. The molecule has 0 saturated heterocycles. The zero-order valence-electron chi connectivity index (χ0n) is 9.05. The fourth-order valence-corrected chi connectivity index (χ4v) is 0.944. The van der Waals surface area contributed by atoms with Crippen molar-refractivity contribution in [2.45, 2.75) is 12.8 Å². The summed E-state index contributed by atoms with van der Waals surface area (Å²) < 4.78 is 9.75. The molecule has 0 bridgehead atoms. The Morgan fingerprint density at radius 2 is 2.00 bits per heavy atom. The third-order valence-electron chi connectivity index (χ3n) is 1.68. The lowest BCUT2D eigenvalue weighted by molar-refractivity contribution is 0.148. The number of carbonyl (C=O) groups is 1. The van der Waals surface area contributed by atoms with Crippen molar-refractivity contribution in [2.75, 3.05) is 25.6 Å². The van der Waals surface area contributed by atoms with E-state index in [4.69, 9.17) is 9.47 Å². The van der Waals surface area contributed by atoms with Gasteiger partial charge in [-0.2, -0.15) is 0 Å². The van der Waals surface area contributed by atoms with E-state index in [1.165, 1.54) is 12.7 Å². The topological polar surface area (TPSA) is 86.2 Å². The molecule has 0 saturated carbocycles. The van der Waals surface area contributed by atoms with Gasteiger partial charge in [-0.1, -0.05) is 0 Å². The monoisotopic (exact) mass is 226 g/mol. The number of hydrogen-bond acceptors (Lipinski definition) is 6. The van der Waals surface area contributed by atoms with Crippen LogP contribution < -0.4 is 5.32 Å². The number of rotatable bonds is 6. The number of amides is 1. The molecule has 1 aromatic rings. The van der Waals surface area contributed by atoms with Crippen LogP contribution in [0.3, 0.4) is 0 Å². The van der Waals surface area contributed by atoms with E-state index < -0.39 is 6.09 Å². The molecule has 16 heavy (non-hydrogen) atoms. The average molecular weight is 226 g/mol. The van der Waals surface area contributed by atoms with Gasteiger partial charge in [-0.3, -0.25) is 5.32 Å². The first-order chi connectivity index (χ1) is 7.83. The summed E-state index contributed by atoms with van der Waals surface area (Å²) in [6.07, 6.45) is 3.64. The normalized spacial score (nSPS) is 9.81. The van der Waals surface area contributed by atoms with Crippen LogP contribution >= 0.6 is 0 Å². The Kier molecular flexibility index (Phi) is 5.79. The van der Waals surface area contributed by atoms with Crippen molar-refractivity contribution in [1.29, 1.82) is 0 Å². The third kappa shape index (κ3) is 5.20. The lowest BCUT2D eigenvalue weighted by Crippen LogP contribution is -2.16. The van der Waals surface area contributed by atoms with Gasteiger partial charge in [0.15, 0.2) is 0 Å². The molecule has 0 atom stereocenters. The Morgan fingerprint density at radius 1 is 1.31 bits per heavy atom. The molecule has 0 aliphatic heterocycles. The maximum atomic E-state index is 11.2. The minimum absolute atomic E-state index is 0.178. The van der Waals surface area contributed by atoms with Gasteiger partial charge in [0.25, 0.3) is 0 Å². The lowest BCUT2D eigenvalue weighted by Gasteiger charge is -2.04. The summed E-state index contributed by atoms with van der Waals surface area (Å²) in [6, 6.07) is 0. The second-order valence-electron chi connectivity index (χ2n) is 2.92. The molecule has 7 heteroatoms. The molecular formula is C9H14N4O3. The number of anilines is 1. The molecule has 1 aromatic heterocycles. The van der Waals surface area contributed by atoms with Gasteiger partial charge < -0.3 is 9.47 Å². The van der Waals surface area contributed by atoms with Gasteiger partial charge in [0.1, 0.15) is 12.7 Å². The van der Waals surface area contributed by atoms with Crippen LogP contribution in [0.4, 0.5) is 10.7 Å². The molecule has 1 amide bonds. The van der Waals surface area contributed by atoms with E-state index in [-0.39, 0.29) is 5.95 Å².